The Kier molecular flexibility index (Phi) is 199. The third-order valence-corrected chi connectivity index (χ3v) is 0. The van der Waals surface area contributed by atoms with Crippen LogP contribution in [0.5, 0.6) is 0 Å². The zero-order chi connectivity index (χ0) is 0. The van der Waals surface area contributed by atoms with E-state index in [0.29, 0.717) is 0 Å². The van der Waals surface area contributed by atoms with Crippen molar-refractivity contribution in [2.75, 3.05) is 0 Å². The van der Waals surface area contributed by atoms with Crippen molar-refractivity contribution >= 4 is 0 Å². The van der Waals surface area contributed by atoms with E-state index in [2.05, 4.69) is 0 Å². The van der Waals surface area contributed by atoms with Gasteiger partial charge in [-0.2, -0.15) is 0 Å². The van der Waals surface area contributed by atoms with Crippen LogP contribution >= 0.6 is 0 Å². The minimum Gasteiger partial charge on any atom is -2.00 e. The Morgan fingerprint density at radius 2 is 0.750 bits per heavy atom. The molecule has 0 bridgehead atoms. The fraction of sp³-hybridized carbons (Fsp3) is 0. The summed E-state index contributed by atoms with van der Waals surface area (Å²) in [5, 5.41) is 0. The molecule has 4 heteroatoms. The largest absolute Gasteiger partial charge is 2.00 e. The van der Waals surface area contributed by atoms with Crippen LogP contribution in [0.4, 0.5) is 0 Å². The van der Waals surface area contributed by atoms with E-state index in [1.807, 2.05) is 0 Å². The smallest absolute Gasteiger partial charge is 1.00 e. The molecule has 0 atom stereocenters. The second-order valence-electron chi connectivity index (χ2n) is 0. The van der Waals surface area contributed by atoms with Gasteiger partial charge in [0, 0.05) is 0 Å². The van der Waals surface area contributed by atoms with E-state index in [9.17, 15) is 0 Å². The van der Waals surface area contributed by atoms with E-state index < -0.39 is 0 Å². The summed E-state index contributed by atoms with van der Waals surface area (Å²) in [4.78, 5) is 0. The van der Waals surface area contributed by atoms with E-state index >= 15 is 0 Å². The molecule has 0 aliphatic carbocycles. The van der Waals surface area contributed by atoms with Crippen molar-refractivity contribution in [2.45, 2.75) is 0 Å². The zero-order valence-electron chi connectivity index (χ0n) is 2.91. The molecule has 0 heterocycles. The molecule has 0 aromatic rings. The summed E-state index contributed by atoms with van der Waals surface area (Å²) in [6, 6.07) is 0. The zero-order valence-corrected chi connectivity index (χ0v) is 6.91. The maximum atomic E-state index is 0. The van der Waals surface area contributed by atoms with Crippen LogP contribution in [-0.2, 0) is 5.48 Å². The SMILES string of the molecule is O.[Na+].[Na+].[O-2]. The molecule has 16 valence electrons. The van der Waals surface area contributed by atoms with Gasteiger partial charge in [0.15, 0.2) is 0 Å². The minimum absolute atomic E-state index is 0. The monoisotopic (exact) mass is 80.0 g/mol. The summed E-state index contributed by atoms with van der Waals surface area (Å²) in [5.74, 6) is 0. The molecule has 2 N–H and O–H groups in total. The molecular formula is H2Na2O2. The number of hydrogen-bond acceptors (Lipinski definition) is 0. The van der Waals surface area contributed by atoms with Crippen LogP contribution in [-0.4, -0.2) is 5.48 Å². The predicted octanol–water partition coefficient (Wildman–Crippen LogP) is -6.94. The fourth-order valence-electron chi connectivity index (χ4n) is 0. The van der Waals surface area contributed by atoms with Gasteiger partial charge in [-0.25, -0.2) is 0 Å². The molecule has 0 radical (unpaired) electrons. The van der Waals surface area contributed by atoms with Gasteiger partial charge >= 0.3 is 59.1 Å². The normalized spacial score (nSPS) is 0. The van der Waals surface area contributed by atoms with E-state index in [4.69, 9.17) is 0 Å². The van der Waals surface area contributed by atoms with Crippen LogP contribution in [0.2, 0.25) is 0 Å². The van der Waals surface area contributed by atoms with Crippen molar-refractivity contribution < 1.29 is 70.1 Å². The molecule has 0 saturated carbocycles. The van der Waals surface area contributed by atoms with Gasteiger partial charge in [0.2, 0.25) is 0 Å². The van der Waals surface area contributed by atoms with Gasteiger partial charge in [0.05, 0.1) is 0 Å². The maximum absolute atomic E-state index is 0. The van der Waals surface area contributed by atoms with Crippen LogP contribution in [0.15, 0.2) is 0 Å². The molecule has 2 nitrogen and oxygen atoms in total. The average Bonchev–Trinajstić information content (AvgIpc) is 0. The molecule has 0 aromatic heterocycles. The van der Waals surface area contributed by atoms with E-state index in [1.165, 1.54) is 0 Å². The molecule has 0 amide bonds. The first-order chi connectivity index (χ1) is 0. The van der Waals surface area contributed by atoms with Crippen LogP contribution in [0.3, 0.4) is 0 Å². The molecule has 0 saturated heterocycles. The van der Waals surface area contributed by atoms with Gasteiger partial charge in [0.1, 0.15) is 0 Å². The molecule has 0 fully saturated rings. The summed E-state index contributed by atoms with van der Waals surface area (Å²) in [6.07, 6.45) is 0. The molecule has 0 spiro atoms. The minimum atomic E-state index is 0. The van der Waals surface area contributed by atoms with Crippen LogP contribution in [0.25, 0.3) is 0 Å². The Labute approximate surface area is 69.2 Å². The Morgan fingerprint density at radius 1 is 0.750 bits per heavy atom. The topological polar surface area (TPSA) is 60.0 Å². The Bertz CT molecular complexity index is 4.00. The molecule has 4 heavy (non-hydrogen) atoms. The van der Waals surface area contributed by atoms with Crippen LogP contribution in [0, 0.1) is 0 Å². The van der Waals surface area contributed by atoms with Crippen molar-refractivity contribution in [1.29, 1.82) is 0 Å². The van der Waals surface area contributed by atoms with Crippen LogP contribution < -0.4 is 59.1 Å². The summed E-state index contributed by atoms with van der Waals surface area (Å²) in [5.41, 5.74) is 0. The van der Waals surface area contributed by atoms with Crippen molar-refractivity contribution in [2.24, 2.45) is 0 Å². The van der Waals surface area contributed by atoms with Crippen molar-refractivity contribution in [3.8, 4) is 0 Å². The number of rotatable bonds is 0. The molecule has 0 unspecified atom stereocenters. The molecule has 0 aromatic carbocycles. The number of hydrogen-bond donors (Lipinski definition) is 0. The van der Waals surface area contributed by atoms with Crippen LogP contribution in [0.1, 0.15) is 0 Å². The van der Waals surface area contributed by atoms with Crippen molar-refractivity contribution in [3.05, 3.63) is 0 Å². The first-order valence-electron chi connectivity index (χ1n) is 0. The van der Waals surface area contributed by atoms with Crippen molar-refractivity contribution in [3.63, 3.8) is 0 Å². The third kappa shape index (κ3) is 9.07. The fourth-order valence-corrected chi connectivity index (χ4v) is 0. The summed E-state index contributed by atoms with van der Waals surface area (Å²) in [6.45, 7) is 0. The first kappa shape index (κ1) is 38.9. The second-order valence-corrected chi connectivity index (χ2v) is 0. The third-order valence-electron chi connectivity index (χ3n) is 0. The average molecular weight is 80.0 g/mol. The maximum Gasteiger partial charge on any atom is 1.00 e. The van der Waals surface area contributed by atoms with Gasteiger partial charge in [-0.15, -0.1) is 0 Å². The Hall–Kier alpha value is 1.92. The summed E-state index contributed by atoms with van der Waals surface area (Å²) < 4.78 is 0. The summed E-state index contributed by atoms with van der Waals surface area (Å²) in [7, 11) is 0. The quantitative estimate of drug-likeness (QED) is 0.260. The molecule has 0 rings (SSSR count). The summed E-state index contributed by atoms with van der Waals surface area (Å²) >= 11 is 0. The Balaban J connectivity index is 0. The Morgan fingerprint density at radius 3 is 0.750 bits per heavy atom. The van der Waals surface area contributed by atoms with Crippen molar-refractivity contribution in [1.82, 2.24) is 0 Å². The van der Waals surface area contributed by atoms with Gasteiger partial charge in [-0.05, 0) is 0 Å². The van der Waals surface area contributed by atoms with Gasteiger partial charge in [0.25, 0.3) is 0 Å². The van der Waals surface area contributed by atoms with E-state index in [-0.39, 0.29) is 70.1 Å². The standard InChI is InChI=1S/2Na.H2O.O/h;;1H2;/q2*+1;;-2. The van der Waals surface area contributed by atoms with Gasteiger partial charge in [-0.3, -0.25) is 0 Å². The first-order valence-corrected chi connectivity index (χ1v) is 0. The van der Waals surface area contributed by atoms with Gasteiger partial charge in [-0.1, -0.05) is 0 Å². The molecule has 0 aliphatic heterocycles. The second kappa shape index (κ2) is 20.5. The predicted molar refractivity (Wildman–Crippen MR) is 4.30 cm³/mol. The molecule has 0 aliphatic rings. The van der Waals surface area contributed by atoms with E-state index in [1.54, 1.807) is 0 Å². The van der Waals surface area contributed by atoms with E-state index in [0.717, 1.165) is 0 Å². The molecular weight excluding hydrogens is 78.0 g/mol. The van der Waals surface area contributed by atoms with Gasteiger partial charge < -0.3 is 11.0 Å².